The molecular formula is C15H23N3S. The van der Waals surface area contributed by atoms with Gasteiger partial charge in [0.15, 0.2) is 0 Å². The molecule has 3 N–H and O–H groups in total. The molecule has 0 amide bonds. The Morgan fingerprint density at radius 3 is 2.89 bits per heavy atom. The second kappa shape index (κ2) is 6.44. The van der Waals surface area contributed by atoms with Crippen molar-refractivity contribution in [2.75, 3.05) is 18.8 Å². The standard InChI is InChI=1S/C15H23N3S/c1-11(2)18(8-7-15(16)17)9-12-10-19-14-6-4-3-5-13(12)14/h3-6,11-12H,7-10H2,1-2H3,(H3,16,17). The summed E-state index contributed by atoms with van der Waals surface area (Å²) in [5.74, 6) is 2.06. The summed E-state index contributed by atoms with van der Waals surface area (Å²) < 4.78 is 0. The third-order valence-corrected chi connectivity index (χ3v) is 4.90. The lowest BCUT2D eigenvalue weighted by Gasteiger charge is -2.29. The number of hydrogen-bond donors (Lipinski definition) is 2. The largest absolute Gasteiger partial charge is 0.388 e. The molecule has 1 aliphatic heterocycles. The van der Waals surface area contributed by atoms with Crippen LogP contribution in [0.25, 0.3) is 0 Å². The van der Waals surface area contributed by atoms with Gasteiger partial charge >= 0.3 is 0 Å². The molecule has 0 aliphatic carbocycles. The lowest BCUT2D eigenvalue weighted by atomic mass is 10.00. The lowest BCUT2D eigenvalue weighted by molar-refractivity contribution is 0.218. The van der Waals surface area contributed by atoms with Crippen LogP contribution in [0.4, 0.5) is 0 Å². The van der Waals surface area contributed by atoms with Gasteiger partial charge in [0.2, 0.25) is 0 Å². The van der Waals surface area contributed by atoms with Crippen LogP contribution in [-0.2, 0) is 0 Å². The summed E-state index contributed by atoms with van der Waals surface area (Å²) in [5, 5.41) is 7.38. The molecule has 19 heavy (non-hydrogen) atoms. The van der Waals surface area contributed by atoms with Gasteiger partial charge in [-0.25, -0.2) is 0 Å². The first-order valence-electron chi connectivity index (χ1n) is 6.86. The highest BCUT2D eigenvalue weighted by atomic mass is 32.2. The van der Waals surface area contributed by atoms with Crippen molar-refractivity contribution in [2.45, 2.75) is 37.1 Å². The SMILES string of the molecule is CC(C)N(CCC(=N)N)CC1CSc2ccccc21. The first kappa shape index (κ1) is 14.4. The van der Waals surface area contributed by atoms with E-state index in [1.54, 1.807) is 0 Å². The summed E-state index contributed by atoms with van der Waals surface area (Å²) in [7, 11) is 0. The number of benzene rings is 1. The lowest BCUT2D eigenvalue weighted by Crippen LogP contribution is -2.37. The zero-order chi connectivity index (χ0) is 13.8. The molecule has 4 heteroatoms. The number of rotatable bonds is 6. The Morgan fingerprint density at radius 1 is 1.47 bits per heavy atom. The molecule has 0 spiro atoms. The highest BCUT2D eigenvalue weighted by Crippen LogP contribution is 2.39. The van der Waals surface area contributed by atoms with Crippen molar-refractivity contribution in [2.24, 2.45) is 5.73 Å². The molecule has 0 fully saturated rings. The average molecular weight is 277 g/mol. The quantitative estimate of drug-likeness (QED) is 0.621. The Morgan fingerprint density at radius 2 is 2.21 bits per heavy atom. The van der Waals surface area contributed by atoms with Crippen LogP contribution >= 0.6 is 11.8 Å². The summed E-state index contributed by atoms with van der Waals surface area (Å²) in [6.45, 7) is 6.38. The van der Waals surface area contributed by atoms with E-state index in [1.807, 2.05) is 11.8 Å². The molecule has 104 valence electrons. The van der Waals surface area contributed by atoms with E-state index < -0.39 is 0 Å². The van der Waals surface area contributed by atoms with Gasteiger partial charge in [-0.2, -0.15) is 0 Å². The number of thioether (sulfide) groups is 1. The molecule has 0 aromatic heterocycles. The smallest absolute Gasteiger partial charge is 0.0918 e. The number of nitrogens with zero attached hydrogens (tertiary/aromatic N) is 1. The maximum atomic E-state index is 7.38. The van der Waals surface area contributed by atoms with Crippen molar-refractivity contribution >= 4 is 17.6 Å². The van der Waals surface area contributed by atoms with Gasteiger partial charge in [-0.15, -0.1) is 11.8 Å². The van der Waals surface area contributed by atoms with Gasteiger partial charge in [-0.05, 0) is 25.5 Å². The number of nitrogens with two attached hydrogens (primary N) is 1. The van der Waals surface area contributed by atoms with Gasteiger partial charge in [-0.1, -0.05) is 18.2 Å². The van der Waals surface area contributed by atoms with Crippen LogP contribution in [0.15, 0.2) is 29.2 Å². The van der Waals surface area contributed by atoms with E-state index in [0.717, 1.165) is 13.1 Å². The van der Waals surface area contributed by atoms with Crippen molar-refractivity contribution in [3.63, 3.8) is 0 Å². The Labute approximate surface area is 120 Å². The summed E-state index contributed by atoms with van der Waals surface area (Å²) >= 11 is 1.96. The zero-order valence-corrected chi connectivity index (χ0v) is 12.5. The molecule has 1 aromatic rings. The second-order valence-corrected chi connectivity index (χ2v) is 6.47. The van der Waals surface area contributed by atoms with E-state index in [0.29, 0.717) is 18.4 Å². The van der Waals surface area contributed by atoms with Gasteiger partial charge in [0.25, 0.3) is 0 Å². The summed E-state index contributed by atoms with van der Waals surface area (Å²) in [6.07, 6.45) is 0.666. The number of hydrogen-bond acceptors (Lipinski definition) is 3. The maximum Gasteiger partial charge on any atom is 0.0918 e. The minimum absolute atomic E-state index is 0.284. The highest BCUT2D eigenvalue weighted by molar-refractivity contribution is 7.99. The Balaban J connectivity index is 2.00. The number of amidine groups is 1. The Kier molecular flexibility index (Phi) is 4.88. The van der Waals surface area contributed by atoms with Crippen LogP contribution in [0.1, 0.15) is 31.7 Å². The van der Waals surface area contributed by atoms with Crippen molar-refractivity contribution < 1.29 is 0 Å². The van der Waals surface area contributed by atoms with Gasteiger partial charge < -0.3 is 5.73 Å². The van der Waals surface area contributed by atoms with Crippen LogP contribution in [0.3, 0.4) is 0 Å². The first-order chi connectivity index (χ1) is 9.08. The molecule has 1 heterocycles. The predicted molar refractivity (Wildman–Crippen MR) is 83.1 cm³/mol. The molecular weight excluding hydrogens is 254 g/mol. The van der Waals surface area contributed by atoms with Gasteiger partial charge in [0, 0.05) is 42.1 Å². The molecule has 0 saturated carbocycles. The number of fused-ring (bicyclic) bond motifs is 1. The predicted octanol–water partition coefficient (Wildman–Crippen LogP) is 2.91. The fourth-order valence-corrected chi connectivity index (χ4v) is 3.73. The number of nitrogens with one attached hydrogen (secondary N) is 1. The topological polar surface area (TPSA) is 53.1 Å². The fourth-order valence-electron chi connectivity index (χ4n) is 2.49. The van der Waals surface area contributed by atoms with Gasteiger partial charge in [0.1, 0.15) is 0 Å². The van der Waals surface area contributed by atoms with E-state index in [1.165, 1.54) is 16.2 Å². The molecule has 1 aromatic carbocycles. The molecule has 1 atom stereocenters. The molecule has 0 saturated heterocycles. The van der Waals surface area contributed by atoms with Crippen LogP contribution in [0.2, 0.25) is 0 Å². The second-order valence-electron chi connectivity index (χ2n) is 5.41. The first-order valence-corrected chi connectivity index (χ1v) is 7.85. The van der Waals surface area contributed by atoms with Gasteiger partial charge in [-0.3, -0.25) is 10.3 Å². The summed E-state index contributed by atoms with van der Waals surface area (Å²) in [6, 6.07) is 9.22. The van der Waals surface area contributed by atoms with E-state index in [-0.39, 0.29) is 5.84 Å². The van der Waals surface area contributed by atoms with Gasteiger partial charge in [0.05, 0.1) is 5.84 Å². The third-order valence-electron chi connectivity index (χ3n) is 3.65. The minimum atomic E-state index is 0.284. The van der Waals surface area contributed by atoms with Crippen LogP contribution < -0.4 is 5.73 Å². The van der Waals surface area contributed by atoms with Crippen molar-refractivity contribution in [3.05, 3.63) is 29.8 Å². The molecule has 2 rings (SSSR count). The van der Waals surface area contributed by atoms with E-state index in [4.69, 9.17) is 11.1 Å². The van der Waals surface area contributed by atoms with Crippen LogP contribution in [0.5, 0.6) is 0 Å². The van der Waals surface area contributed by atoms with Crippen molar-refractivity contribution in [1.29, 1.82) is 5.41 Å². The van der Waals surface area contributed by atoms with E-state index in [2.05, 4.69) is 43.0 Å². The zero-order valence-electron chi connectivity index (χ0n) is 11.7. The molecule has 1 unspecified atom stereocenters. The molecule has 0 radical (unpaired) electrons. The highest BCUT2D eigenvalue weighted by Gasteiger charge is 2.25. The van der Waals surface area contributed by atoms with Crippen LogP contribution in [-0.4, -0.2) is 35.6 Å². The summed E-state index contributed by atoms with van der Waals surface area (Å²) in [4.78, 5) is 3.87. The molecule has 0 bridgehead atoms. The third kappa shape index (κ3) is 3.74. The monoisotopic (exact) mass is 277 g/mol. The fraction of sp³-hybridized carbons (Fsp3) is 0.533. The Bertz CT molecular complexity index is 445. The van der Waals surface area contributed by atoms with Crippen molar-refractivity contribution in [1.82, 2.24) is 4.90 Å². The molecule has 1 aliphatic rings. The summed E-state index contributed by atoms with van der Waals surface area (Å²) in [5.41, 5.74) is 6.97. The molecule has 3 nitrogen and oxygen atoms in total. The minimum Gasteiger partial charge on any atom is -0.388 e. The average Bonchev–Trinajstić information content (AvgIpc) is 2.77. The van der Waals surface area contributed by atoms with E-state index in [9.17, 15) is 0 Å². The van der Waals surface area contributed by atoms with Crippen LogP contribution in [0, 0.1) is 5.41 Å². The maximum absolute atomic E-state index is 7.38. The van der Waals surface area contributed by atoms with E-state index >= 15 is 0 Å². The Hall–Kier alpha value is -1.00. The van der Waals surface area contributed by atoms with Crippen molar-refractivity contribution in [3.8, 4) is 0 Å². The normalized spacial score (nSPS) is 18.0.